The Bertz CT molecular complexity index is 295. The Labute approximate surface area is 146 Å². The van der Waals surface area contributed by atoms with Crippen LogP contribution in [0.4, 0.5) is 0 Å². The van der Waals surface area contributed by atoms with Crippen LogP contribution < -0.4 is 10.2 Å². The molecule has 0 aliphatic rings. The summed E-state index contributed by atoms with van der Waals surface area (Å²) in [5, 5.41) is 51.5. The number of carbonyl (C=O) groups excluding carboxylic acids is 2. The molecule has 0 saturated carbocycles. The van der Waals surface area contributed by atoms with Crippen molar-refractivity contribution in [1.82, 2.24) is 0 Å². The zero-order valence-corrected chi connectivity index (χ0v) is 14.0. The summed E-state index contributed by atoms with van der Waals surface area (Å²) in [6.07, 6.45) is -5.44. The Balaban J connectivity index is -0.000000256. The first-order chi connectivity index (χ1) is 8.07. The van der Waals surface area contributed by atoms with Gasteiger partial charge in [0.05, 0.1) is 0 Å². The summed E-state index contributed by atoms with van der Waals surface area (Å²) >= 11 is 0. The Morgan fingerprint density at radius 3 is 1.05 bits per heavy atom. The molecule has 11 heteroatoms. The van der Waals surface area contributed by atoms with E-state index in [4.69, 9.17) is 20.4 Å². The molecule has 0 aromatic carbocycles. The van der Waals surface area contributed by atoms with Crippen LogP contribution in [-0.4, -0.2) is 105 Å². The van der Waals surface area contributed by atoms with E-state index in [1.165, 1.54) is 0 Å². The maximum absolute atomic E-state index is 9.69. The second kappa shape index (κ2) is 12.4. The first-order valence-corrected chi connectivity index (χ1v) is 4.29. The van der Waals surface area contributed by atoms with E-state index in [9.17, 15) is 29.4 Å². The van der Waals surface area contributed by atoms with Gasteiger partial charge in [-0.05, 0) is 0 Å². The van der Waals surface area contributed by atoms with E-state index in [-0.39, 0.29) is 48.9 Å². The van der Waals surface area contributed by atoms with E-state index in [1.54, 1.807) is 0 Å². The molecule has 19 heavy (non-hydrogen) atoms. The molecule has 0 aromatic heterocycles. The summed E-state index contributed by atoms with van der Waals surface area (Å²) in [4.78, 5) is 38.5. The van der Waals surface area contributed by atoms with Crippen LogP contribution in [-0.2, 0) is 19.2 Å². The van der Waals surface area contributed by atoms with Crippen molar-refractivity contribution in [2.75, 3.05) is 0 Å². The molecular weight excluding hydrogens is 393 g/mol. The first kappa shape index (κ1) is 23.5. The van der Waals surface area contributed by atoms with Crippen LogP contribution in [0.15, 0.2) is 0 Å². The zero-order valence-electron chi connectivity index (χ0n) is 9.51. The predicted molar refractivity (Wildman–Crippen MR) is 52.3 cm³/mol. The van der Waals surface area contributed by atoms with Crippen LogP contribution in [0.2, 0.25) is 0 Å². The Morgan fingerprint density at radius 1 is 0.789 bits per heavy atom. The Kier molecular flexibility index (Phi) is 15.3. The molecule has 0 aromatic rings. The van der Waals surface area contributed by atoms with E-state index in [0.717, 1.165) is 0 Å². The van der Waals surface area contributed by atoms with E-state index in [0.29, 0.717) is 0 Å². The van der Waals surface area contributed by atoms with Crippen molar-refractivity contribution in [3.8, 4) is 0 Å². The quantitative estimate of drug-likeness (QED) is 0.311. The Morgan fingerprint density at radius 2 is 1.00 bits per heavy atom. The molecule has 0 fully saturated rings. The number of carboxylic acid groups (broad SMARTS) is 4. The summed E-state index contributed by atoms with van der Waals surface area (Å²) in [6, 6.07) is 0. The number of aliphatic hydroxyl groups is 2. The van der Waals surface area contributed by atoms with Crippen molar-refractivity contribution < 1.29 is 49.8 Å². The normalized spacial score (nSPS) is 11.9. The monoisotopic (exact) mass is 404 g/mol. The minimum Gasteiger partial charge on any atom is -0.550 e. The minimum atomic E-state index is -1.85. The zero-order chi connectivity index (χ0) is 14.9. The Hall–Kier alpha value is -0.629. The molecule has 10 nitrogen and oxygen atoms in total. The van der Waals surface area contributed by atoms with Gasteiger partial charge < -0.3 is 40.2 Å². The molecule has 0 radical (unpaired) electrons. The summed E-state index contributed by atoms with van der Waals surface area (Å²) in [7, 11) is 0. The van der Waals surface area contributed by atoms with Crippen molar-refractivity contribution in [2.24, 2.45) is 0 Å². The average Bonchev–Trinajstić information content (AvgIpc) is 2.16. The van der Waals surface area contributed by atoms with Crippen molar-refractivity contribution in [1.29, 1.82) is 0 Å². The predicted octanol–water partition coefficient (Wildman–Crippen LogP) is -5.24. The fourth-order valence-electron chi connectivity index (χ4n) is 0.490. The minimum absolute atomic E-state index is 0. The van der Waals surface area contributed by atoms with Crippen molar-refractivity contribution >= 4 is 72.8 Å². The maximum atomic E-state index is 9.69. The molecule has 0 saturated heterocycles. The summed E-state index contributed by atoms with van der Waals surface area (Å²) in [5.74, 6) is -6.27. The molecule has 0 rings (SSSR count). The van der Waals surface area contributed by atoms with Crippen molar-refractivity contribution in [3.63, 3.8) is 0 Å². The van der Waals surface area contributed by atoms with Crippen LogP contribution in [0, 0.1) is 0 Å². The van der Waals surface area contributed by atoms with Gasteiger partial charge in [0, 0.05) is 24.8 Å². The summed E-state index contributed by atoms with van der Waals surface area (Å²) in [5.41, 5.74) is 0. The van der Waals surface area contributed by atoms with Gasteiger partial charge in [-0.15, -0.1) is 0 Å². The largest absolute Gasteiger partial charge is 2.00 e. The van der Waals surface area contributed by atoms with Gasteiger partial charge in [-0.3, -0.25) is 0 Å². The number of hydrogen-bond acceptors (Lipinski definition) is 8. The molecule has 104 valence electrons. The summed E-state index contributed by atoms with van der Waals surface area (Å²) in [6.45, 7) is 0. The molecular formula is C8H10BaO10. The standard InChI is InChI=1S/2C4H6O5.Ba/c2*5-2(4(8)9)1-3(6)7;/h2*2,5H,1H2,(H,6,7)(H,8,9);/q;;+2/p-2. The molecule has 2 atom stereocenters. The second-order valence-corrected chi connectivity index (χ2v) is 2.86. The van der Waals surface area contributed by atoms with E-state index in [1.807, 2.05) is 0 Å². The van der Waals surface area contributed by atoms with Crippen LogP contribution >= 0.6 is 0 Å². The number of aliphatic carboxylic acids is 4. The van der Waals surface area contributed by atoms with Crippen LogP contribution in [0.25, 0.3) is 0 Å². The van der Waals surface area contributed by atoms with Gasteiger partial charge in [-0.25, -0.2) is 9.59 Å². The number of rotatable bonds is 6. The van der Waals surface area contributed by atoms with Crippen molar-refractivity contribution in [2.45, 2.75) is 25.0 Å². The SMILES string of the molecule is O=C([O-])CC(O)C(=O)O.O=C([O-])CC(O)C(=O)O.[Ba+2]. The van der Waals surface area contributed by atoms with Gasteiger partial charge in [0.2, 0.25) is 0 Å². The maximum Gasteiger partial charge on any atom is 2.00 e. The summed E-state index contributed by atoms with van der Waals surface area (Å²) < 4.78 is 0. The number of aliphatic hydroxyl groups excluding tert-OH is 2. The van der Waals surface area contributed by atoms with Crippen molar-refractivity contribution in [3.05, 3.63) is 0 Å². The number of carboxylic acids is 4. The molecule has 0 spiro atoms. The molecule has 0 amide bonds. The third kappa shape index (κ3) is 17.4. The van der Waals surface area contributed by atoms with E-state index < -0.39 is 48.9 Å². The second-order valence-electron chi connectivity index (χ2n) is 2.86. The molecule has 0 bridgehead atoms. The van der Waals surface area contributed by atoms with E-state index >= 15 is 0 Å². The van der Waals surface area contributed by atoms with Gasteiger partial charge >= 0.3 is 60.8 Å². The fraction of sp³-hybridized carbons (Fsp3) is 0.500. The molecule has 0 aliphatic carbocycles. The topological polar surface area (TPSA) is 195 Å². The molecule has 2 unspecified atom stereocenters. The molecule has 4 N–H and O–H groups in total. The average molecular weight is 403 g/mol. The fourth-order valence-corrected chi connectivity index (χ4v) is 0.490. The third-order valence-electron chi connectivity index (χ3n) is 1.29. The van der Waals surface area contributed by atoms with Crippen LogP contribution in [0.3, 0.4) is 0 Å². The van der Waals surface area contributed by atoms with Gasteiger partial charge in [-0.1, -0.05) is 0 Å². The van der Waals surface area contributed by atoms with E-state index in [2.05, 4.69) is 0 Å². The first-order valence-electron chi connectivity index (χ1n) is 4.29. The van der Waals surface area contributed by atoms with Gasteiger partial charge in [0.25, 0.3) is 0 Å². The molecule has 0 aliphatic heterocycles. The smallest absolute Gasteiger partial charge is 0.550 e. The molecule has 0 heterocycles. The van der Waals surface area contributed by atoms with Crippen LogP contribution in [0.1, 0.15) is 12.8 Å². The van der Waals surface area contributed by atoms with Gasteiger partial charge in [-0.2, -0.15) is 0 Å². The third-order valence-corrected chi connectivity index (χ3v) is 1.29. The number of hydrogen-bond donors (Lipinski definition) is 4. The van der Waals surface area contributed by atoms with Gasteiger partial charge in [0.15, 0.2) is 12.2 Å². The van der Waals surface area contributed by atoms with Crippen LogP contribution in [0.5, 0.6) is 0 Å². The van der Waals surface area contributed by atoms with Gasteiger partial charge in [0.1, 0.15) is 0 Å². The number of carbonyl (C=O) groups is 4.